The first kappa shape index (κ1) is 12.5. The summed E-state index contributed by atoms with van der Waals surface area (Å²) in [5, 5.41) is 14.8. The lowest BCUT2D eigenvalue weighted by Crippen LogP contribution is -2.33. The van der Waals surface area contributed by atoms with Crippen molar-refractivity contribution in [3.05, 3.63) is 12.2 Å². The number of hydrogen-bond acceptors (Lipinski definition) is 4. The van der Waals surface area contributed by atoms with Gasteiger partial charge in [-0.1, -0.05) is 0 Å². The summed E-state index contributed by atoms with van der Waals surface area (Å²) in [4.78, 5) is 4.26. The van der Waals surface area contributed by atoms with Crippen LogP contribution in [0.25, 0.3) is 0 Å². The van der Waals surface area contributed by atoms with E-state index < -0.39 is 5.60 Å². The Morgan fingerprint density at radius 3 is 3.06 bits per heavy atom. The van der Waals surface area contributed by atoms with Gasteiger partial charge in [0.15, 0.2) is 0 Å². The van der Waals surface area contributed by atoms with Gasteiger partial charge in [0.2, 0.25) is 0 Å². The third-order valence-electron chi connectivity index (χ3n) is 3.27. The average molecular weight is 239 g/mol. The highest BCUT2D eigenvalue weighted by atomic mass is 16.5. The molecule has 1 N–H and O–H groups in total. The van der Waals surface area contributed by atoms with E-state index in [1.54, 1.807) is 6.33 Å². The van der Waals surface area contributed by atoms with Crippen molar-refractivity contribution in [1.82, 2.24) is 14.8 Å². The fraction of sp³-hybridized carbons (Fsp3) is 0.833. The highest BCUT2D eigenvalue weighted by Crippen LogP contribution is 2.25. The van der Waals surface area contributed by atoms with Crippen LogP contribution in [-0.2, 0) is 11.2 Å². The van der Waals surface area contributed by atoms with Crippen LogP contribution in [0.15, 0.2) is 6.33 Å². The van der Waals surface area contributed by atoms with E-state index in [4.69, 9.17) is 4.74 Å². The van der Waals surface area contributed by atoms with Crippen molar-refractivity contribution in [2.24, 2.45) is 0 Å². The Balaban J connectivity index is 2.10. The molecule has 1 fully saturated rings. The molecular weight excluding hydrogens is 218 g/mol. The number of nitrogens with zero attached hydrogens (tertiary/aromatic N) is 3. The first-order valence-corrected chi connectivity index (χ1v) is 6.29. The van der Waals surface area contributed by atoms with Crippen LogP contribution < -0.4 is 0 Å². The second kappa shape index (κ2) is 5.14. The standard InChI is InChI=1S/C12H21N3O2/c1-10(2)15-11(13-9-14-15)8-12(16)4-3-6-17-7-5-12/h9-10,16H,3-8H2,1-2H3. The largest absolute Gasteiger partial charge is 0.389 e. The number of rotatable bonds is 3. The molecule has 1 saturated heterocycles. The molecule has 0 saturated carbocycles. The second-order valence-electron chi connectivity index (χ2n) is 5.08. The second-order valence-corrected chi connectivity index (χ2v) is 5.08. The van der Waals surface area contributed by atoms with E-state index in [9.17, 15) is 5.11 Å². The number of aliphatic hydroxyl groups is 1. The van der Waals surface area contributed by atoms with E-state index in [0.29, 0.717) is 19.4 Å². The Kier molecular flexibility index (Phi) is 3.79. The van der Waals surface area contributed by atoms with Crippen molar-refractivity contribution >= 4 is 0 Å². The maximum atomic E-state index is 10.6. The smallest absolute Gasteiger partial charge is 0.138 e. The lowest BCUT2D eigenvalue weighted by Gasteiger charge is -2.25. The molecule has 0 radical (unpaired) electrons. The van der Waals surface area contributed by atoms with Crippen molar-refractivity contribution in [3.8, 4) is 0 Å². The van der Waals surface area contributed by atoms with E-state index >= 15 is 0 Å². The molecule has 5 nitrogen and oxygen atoms in total. The van der Waals surface area contributed by atoms with Gasteiger partial charge in [-0.3, -0.25) is 0 Å². The Hall–Kier alpha value is -0.940. The van der Waals surface area contributed by atoms with Gasteiger partial charge in [0.1, 0.15) is 12.2 Å². The van der Waals surface area contributed by atoms with Crippen LogP contribution >= 0.6 is 0 Å². The van der Waals surface area contributed by atoms with Crippen LogP contribution in [0.1, 0.15) is 45.0 Å². The fourth-order valence-electron chi connectivity index (χ4n) is 2.30. The molecule has 0 spiro atoms. The van der Waals surface area contributed by atoms with Crippen LogP contribution in [0.2, 0.25) is 0 Å². The van der Waals surface area contributed by atoms with Crippen LogP contribution in [0, 0.1) is 0 Å². The SMILES string of the molecule is CC(C)n1ncnc1CC1(O)CCCOCC1. The number of ether oxygens (including phenoxy) is 1. The van der Waals surface area contributed by atoms with Crippen molar-refractivity contribution in [2.75, 3.05) is 13.2 Å². The van der Waals surface area contributed by atoms with Crippen molar-refractivity contribution in [1.29, 1.82) is 0 Å². The average Bonchev–Trinajstić information content (AvgIpc) is 2.61. The van der Waals surface area contributed by atoms with Gasteiger partial charge in [-0.15, -0.1) is 0 Å². The van der Waals surface area contributed by atoms with Gasteiger partial charge in [-0.2, -0.15) is 5.10 Å². The molecule has 1 aliphatic heterocycles. The fourth-order valence-corrected chi connectivity index (χ4v) is 2.30. The summed E-state index contributed by atoms with van der Waals surface area (Å²) < 4.78 is 7.26. The number of hydrogen-bond donors (Lipinski definition) is 1. The molecule has 1 aromatic heterocycles. The molecule has 1 atom stereocenters. The minimum Gasteiger partial charge on any atom is -0.389 e. The molecule has 96 valence electrons. The van der Waals surface area contributed by atoms with E-state index in [2.05, 4.69) is 23.9 Å². The van der Waals surface area contributed by atoms with Crippen LogP contribution in [0.3, 0.4) is 0 Å². The van der Waals surface area contributed by atoms with E-state index in [-0.39, 0.29) is 6.04 Å². The predicted octanol–water partition coefficient (Wildman–Crippen LogP) is 1.33. The lowest BCUT2D eigenvalue weighted by molar-refractivity contribution is 0.0160. The maximum Gasteiger partial charge on any atom is 0.138 e. The Labute approximate surface area is 102 Å². The van der Waals surface area contributed by atoms with Gasteiger partial charge in [-0.25, -0.2) is 9.67 Å². The summed E-state index contributed by atoms with van der Waals surface area (Å²) in [5.41, 5.74) is -0.684. The third kappa shape index (κ3) is 3.04. The summed E-state index contributed by atoms with van der Waals surface area (Å²) in [5.74, 6) is 0.865. The summed E-state index contributed by atoms with van der Waals surface area (Å²) in [6, 6.07) is 0.276. The van der Waals surface area contributed by atoms with E-state index in [1.807, 2.05) is 4.68 Å². The van der Waals surface area contributed by atoms with Crippen molar-refractivity contribution in [2.45, 2.75) is 51.2 Å². The molecule has 0 bridgehead atoms. The summed E-state index contributed by atoms with van der Waals surface area (Å²) in [6.45, 7) is 5.52. The minimum atomic E-state index is -0.684. The minimum absolute atomic E-state index is 0.276. The van der Waals surface area contributed by atoms with Crippen molar-refractivity contribution < 1.29 is 9.84 Å². The highest BCUT2D eigenvalue weighted by molar-refractivity contribution is 4.96. The molecule has 0 amide bonds. The summed E-state index contributed by atoms with van der Waals surface area (Å²) >= 11 is 0. The molecular formula is C12H21N3O2. The van der Waals surface area contributed by atoms with Crippen molar-refractivity contribution in [3.63, 3.8) is 0 Å². The Morgan fingerprint density at radius 2 is 2.29 bits per heavy atom. The molecule has 17 heavy (non-hydrogen) atoms. The first-order valence-electron chi connectivity index (χ1n) is 6.29. The van der Waals surface area contributed by atoms with Gasteiger partial charge < -0.3 is 9.84 Å². The molecule has 1 aliphatic rings. The van der Waals surface area contributed by atoms with Crippen LogP contribution in [0.5, 0.6) is 0 Å². The van der Waals surface area contributed by atoms with Gasteiger partial charge in [0.25, 0.3) is 0 Å². The molecule has 0 aliphatic carbocycles. The Bertz CT molecular complexity index is 354. The zero-order chi connectivity index (χ0) is 12.3. The van der Waals surface area contributed by atoms with Gasteiger partial charge in [0, 0.05) is 25.7 Å². The zero-order valence-electron chi connectivity index (χ0n) is 10.6. The van der Waals surface area contributed by atoms with Crippen LogP contribution in [-0.4, -0.2) is 38.7 Å². The molecule has 0 aromatic carbocycles. The van der Waals surface area contributed by atoms with E-state index in [1.165, 1.54) is 0 Å². The highest BCUT2D eigenvalue weighted by Gasteiger charge is 2.30. The van der Waals surface area contributed by atoms with Gasteiger partial charge >= 0.3 is 0 Å². The summed E-state index contributed by atoms with van der Waals surface area (Å²) in [6.07, 6.45) is 4.49. The molecule has 1 unspecified atom stereocenters. The van der Waals surface area contributed by atoms with E-state index in [0.717, 1.165) is 25.3 Å². The monoisotopic (exact) mass is 239 g/mol. The van der Waals surface area contributed by atoms with Crippen LogP contribution in [0.4, 0.5) is 0 Å². The topological polar surface area (TPSA) is 60.2 Å². The molecule has 5 heteroatoms. The van der Waals surface area contributed by atoms with Gasteiger partial charge in [-0.05, 0) is 33.1 Å². The molecule has 2 heterocycles. The lowest BCUT2D eigenvalue weighted by atomic mass is 9.91. The summed E-state index contributed by atoms with van der Waals surface area (Å²) in [7, 11) is 0. The normalized spacial score (nSPS) is 26.1. The molecule has 2 rings (SSSR count). The maximum absolute atomic E-state index is 10.6. The predicted molar refractivity (Wildman–Crippen MR) is 63.7 cm³/mol. The molecule has 1 aromatic rings. The first-order chi connectivity index (χ1) is 8.11. The van der Waals surface area contributed by atoms with Gasteiger partial charge in [0.05, 0.1) is 5.60 Å². The zero-order valence-corrected chi connectivity index (χ0v) is 10.6. The quantitative estimate of drug-likeness (QED) is 0.864. The third-order valence-corrected chi connectivity index (χ3v) is 3.27. The Morgan fingerprint density at radius 1 is 1.47 bits per heavy atom. The number of aromatic nitrogens is 3.